The molecule has 1 N–H and O–H groups in total. The SMILES string of the molecule is CSc1ccc([N+](=O)[O-])c(C(=O)Nc2cc(C)nn2-c2cccc(Cl)c2)c1. The van der Waals surface area contributed by atoms with Crippen molar-refractivity contribution in [1.82, 2.24) is 9.78 Å². The molecule has 0 aliphatic rings. The highest BCUT2D eigenvalue weighted by Crippen LogP contribution is 2.26. The number of thioether (sulfide) groups is 1. The van der Waals surface area contributed by atoms with E-state index in [1.54, 1.807) is 43.3 Å². The summed E-state index contributed by atoms with van der Waals surface area (Å²) in [7, 11) is 0. The van der Waals surface area contributed by atoms with Gasteiger partial charge in [0.15, 0.2) is 0 Å². The maximum Gasteiger partial charge on any atom is 0.282 e. The quantitative estimate of drug-likeness (QED) is 0.379. The summed E-state index contributed by atoms with van der Waals surface area (Å²) in [5, 5.41) is 18.9. The van der Waals surface area contributed by atoms with Crippen LogP contribution in [0.2, 0.25) is 5.02 Å². The van der Waals surface area contributed by atoms with E-state index in [9.17, 15) is 14.9 Å². The number of aryl methyl sites for hydroxylation is 1. The molecule has 1 heterocycles. The molecular weight excluding hydrogens is 388 g/mol. The molecule has 27 heavy (non-hydrogen) atoms. The zero-order valence-electron chi connectivity index (χ0n) is 14.5. The Bertz CT molecular complexity index is 1040. The molecular formula is C18H15ClN4O3S. The number of hydrogen-bond donors (Lipinski definition) is 1. The minimum Gasteiger partial charge on any atom is -0.306 e. The van der Waals surface area contributed by atoms with Crippen molar-refractivity contribution in [1.29, 1.82) is 0 Å². The summed E-state index contributed by atoms with van der Waals surface area (Å²) in [4.78, 5) is 24.3. The summed E-state index contributed by atoms with van der Waals surface area (Å²) in [6, 6.07) is 13.1. The summed E-state index contributed by atoms with van der Waals surface area (Å²) in [5.74, 6) is -0.190. The van der Waals surface area contributed by atoms with Crippen molar-refractivity contribution in [2.75, 3.05) is 11.6 Å². The molecule has 0 spiro atoms. The number of amides is 1. The Morgan fingerprint density at radius 2 is 2.04 bits per heavy atom. The van der Waals surface area contributed by atoms with Gasteiger partial charge in [0.2, 0.25) is 0 Å². The van der Waals surface area contributed by atoms with Gasteiger partial charge in [0.25, 0.3) is 11.6 Å². The molecule has 0 aliphatic heterocycles. The lowest BCUT2D eigenvalue weighted by Crippen LogP contribution is -2.16. The first-order valence-corrected chi connectivity index (χ1v) is 9.45. The molecule has 0 radical (unpaired) electrons. The van der Waals surface area contributed by atoms with Crippen molar-refractivity contribution in [3.05, 3.63) is 74.9 Å². The lowest BCUT2D eigenvalue weighted by Gasteiger charge is -2.10. The predicted molar refractivity (Wildman–Crippen MR) is 106 cm³/mol. The van der Waals surface area contributed by atoms with Gasteiger partial charge in [0.1, 0.15) is 11.4 Å². The number of carbonyl (C=O) groups excluding carboxylic acids is 1. The molecule has 7 nitrogen and oxygen atoms in total. The first-order chi connectivity index (χ1) is 12.9. The van der Waals surface area contributed by atoms with Crippen molar-refractivity contribution in [3.63, 3.8) is 0 Å². The summed E-state index contributed by atoms with van der Waals surface area (Å²) in [6.45, 7) is 1.79. The molecule has 0 aliphatic carbocycles. The minimum atomic E-state index is -0.583. The summed E-state index contributed by atoms with van der Waals surface area (Å²) < 4.78 is 1.53. The largest absolute Gasteiger partial charge is 0.306 e. The predicted octanol–water partition coefficient (Wildman–Crippen LogP) is 4.72. The zero-order chi connectivity index (χ0) is 19.6. The molecule has 3 aromatic rings. The van der Waals surface area contributed by atoms with Crippen molar-refractivity contribution in [2.24, 2.45) is 0 Å². The van der Waals surface area contributed by atoms with Crippen molar-refractivity contribution < 1.29 is 9.72 Å². The number of nitro groups is 1. The van der Waals surface area contributed by atoms with E-state index >= 15 is 0 Å². The minimum absolute atomic E-state index is 0.0108. The van der Waals surface area contributed by atoms with Gasteiger partial charge in [-0.3, -0.25) is 14.9 Å². The Hall–Kier alpha value is -2.84. The van der Waals surface area contributed by atoms with E-state index in [1.807, 2.05) is 6.26 Å². The number of nitrogens with zero attached hydrogens (tertiary/aromatic N) is 3. The van der Waals surface area contributed by atoms with Gasteiger partial charge in [-0.2, -0.15) is 5.10 Å². The number of halogens is 1. The first-order valence-electron chi connectivity index (χ1n) is 7.85. The number of nitro benzene ring substituents is 1. The van der Waals surface area contributed by atoms with E-state index in [1.165, 1.54) is 28.6 Å². The van der Waals surface area contributed by atoms with Crippen LogP contribution < -0.4 is 5.32 Å². The van der Waals surface area contributed by atoms with Crippen LogP contribution in [0.5, 0.6) is 0 Å². The Kier molecular flexibility index (Phi) is 5.48. The second kappa shape index (κ2) is 7.81. The van der Waals surface area contributed by atoms with Crippen LogP contribution in [-0.2, 0) is 0 Å². The van der Waals surface area contributed by atoms with Gasteiger partial charge in [-0.1, -0.05) is 17.7 Å². The molecule has 9 heteroatoms. The molecule has 0 fully saturated rings. The number of anilines is 1. The van der Waals surface area contributed by atoms with Gasteiger partial charge in [-0.25, -0.2) is 4.68 Å². The van der Waals surface area contributed by atoms with Crippen LogP contribution in [0.15, 0.2) is 53.4 Å². The Morgan fingerprint density at radius 1 is 1.26 bits per heavy atom. The van der Waals surface area contributed by atoms with Crippen LogP contribution in [0.1, 0.15) is 16.1 Å². The van der Waals surface area contributed by atoms with Gasteiger partial charge in [-0.05, 0) is 43.5 Å². The molecule has 2 aromatic carbocycles. The van der Waals surface area contributed by atoms with Gasteiger partial charge in [0, 0.05) is 22.1 Å². The van der Waals surface area contributed by atoms with E-state index < -0.39 is 10.8 Å². The fraction of sp³-hybridized carbons (Fsp3) is 0.111. The fourth-order valence-electron chi connectivity index (χ4n) is 2.56. The number of rotatable bonds is 5. The van der Waals surface area contributed by atoms with Crippen LogP contribution >= 0.6 is 23.4 Å². The van der Waals surface area contributed by atoms with E-state index in [0.29, 0.717) is 22.2 Å². The zero-order valence-corrected chi connectivity index (χ0v) is 16.0. The third-order valence-electron chi connectivity index (χ3n) is 3.77. The molecule has 0 saturated carbocycles. The molecule has 1 amide bonds. The second-order valence-corrected chi connectivity index (χ2v) is 6.97. The highest BCUT2D eigenvalue weighted by atomic mass is 35.5. The van der Waals surface area contributed by atoms with Gasteiger partial charge >= 0.3 is 0 Å². The maximum atomic E-state index is 12.8. The molecule has 3 rings (SSSR count). The van der Waals surface area contributed by atoms with Crippen molar-refractivity contribution >= 4 is 40.8 Å². The van der Waals surface area contributed by atoms with Gasteiger partial charge in [-0.15, -0.1) is 11.8 Å². The molecule has 0 unspecified atom stereocenters. The smallest absolute Gasteiger partial charge is 0.282 e. The normalized spacial score (nSPS) is 10.6. The number of carbonyl (C=O) groups is 1. The molecule has 0 atom stereocenters. The topological polar surface area (TPSA) is 90.1 Å². The molecule has 1 aromatic heterocycles. The van der Waals surface area contributed by atoms with Crippen LogP contribution in [0.25, 0.3) is 5.69 Å². The van der Waals surface area contributed by atoms with E-state index in [2.05, 4.69) is 10.4 Å². The monoisotopic (exact) mass is 402 g/mol. The highest BCUT2D eigenvalue weighted by molar-refractivity contribution is 7.98. The standard InChI is InChI=1S/C18H15ClN4O3S/c1-11-8-17(22(21-11)13-5-3-4-12(19)9-13)20-18(24)15-10-14(27-2)6-7-16(15)23(25)26/h3-10H,1-2H3,(H,20,24). The summed E-state index contributed by atoms with van der Waals surface area (Å²) in [5.41, 5.74) is 1.08. The molecule has 0 saturated heterocycles. The van der Waals surface area contributed by atoms with Crippen molar-refractivity contribution in [3.8, 4) is 5.69 Å². The third-order valence-corrected chi connectivity index (χ3v) is 4.73. The third kappa shape index (κ3) is 4.12. The van der Waals surface area contributed by atoms with Gasteiger partial charge < -0.3 is 5.32 Å². The number of aromatic nitrogens is 2. The van der Waals surface area contributed by atoms with Crippen molar-refractivity contribution in [2.45, 2.75) is 11.8 Å². The summed E-state index contributed by atoms with van der Waals surface area (Å²) >= 11 is 7.44. The van der Waals surface area contributed by atoms with E-state index in [4.69, 9.17) is 11.6 Å². The lowest BCUT2D eigenvalue weighted by molar-refractivity contribution is -0.385. The lowest BCUT2D eigenvalue weighted by atomic mass is 10.1. The number of benzene rings is 2. The van der Waals surface area contributed by atoms with Crippen LogP contribution in [-0.4, -0.2) is 26.9 Å². The Morgan fingerprint density at radius 3 is 2.70 bits per heavy atom. The highest BCUT2D eigenvalue weighted by Gasteiger charge is 2.22. The average molecular weight is 403 g/mol. The summed E-state index contributed by atoms with van der Waals surface area (Å²) in [6.07, 6.45) is 1.83. The number of nitrogens with one attached hydrogen (secondary N) is 1. The van der Waals surface area contributed by atoms with E-state index in [-0.39, 0.29) is 11.3 Å². The fourth-order valence-corrected chi connectivity index (χ4v) is 3.18. The van der Waals surface area contributed by atoms with Gasteiger partial charge in [0.05, 0.1) is 16.3 Å². The van der Waals surface area contributed by atoms with E-state index in [0.717, 1.165) is 4.90 Å². The average Bonchev–Trinajstić information content (AvgIpc) is 3.01. The maximum absolute atomic E-state index is 12.8. The van der Waals surface area contributed by atoms with Crippen LogP contribution in [0.3, 0.4) is 0 Å². The first kappa shape index (κ1) is 18.9. The van der Waals surface area contributed by atoms with Crippen LogP contribution in [0.4, 0.5) is 11.5 Å². The van der Waals surface area contributed by atoms with Crippen LogP contribution in [0, 0.1) is 17.0 Å². The Labute approximate surface area is 164 Å². The molecule has 138 valence electrons. The Balaban J connectivity index is 1.99. The number of hydrogen-bond acceptors (Lipinski definition) is 5. The molecule has 0 bridgehead atoms. The second-order valence-electron chi connectivity index (χ2n) is 5.66.